The van der Waals surface area contributed by atoms with E-state index in [2.05, 4.69) is 29.5 Å². The number of para-hydroxylation sites is 1. The van der Waals surface area contributed by atoms with Crippen LogP contribution in [-0.4, -0.2) is 9.78 Å². The predicted octanol–water partition coefficient (Wildman–Crippen LogP) is 4.01. The second kappa shape index (κ2) is 5.87. The fourth-order valence-electron chi connectivity index (χ4n) is 2.36. The van der Waals surface area contributed by atoms with Gasteiger partial charge < -0.3 is 9.73 Å². The summed E-state index contributed by atoms with van der Waals surface area (Å²) in [6.07, 6.45) is 3.76. The van der Waals surface area contributed by atoms with Gasteiger partial charge in [-0.25, -0.2) is 0 Å². The van der Waals surface area contributed by atoms with Gasteiger partial charge >= 0.3 is 0 Å². The molecule has 21 heavy (non-hydrogen) atoms. The molecular formula is C17H19N3O. The molecule has 0 aliphatic heterocycles. The Hall–Kier alpha value is -2.49. The van der Waals surface area contributed by atoms with Gasteiger partial charge in [-0.1, -0.05) is 18.2 Å². The number of hydrogen-bond donors (Lipinski definition) is 1. The number of nitrogens with zero attached hydrogens (tertiary/aromatic N) is 2. The summed E-state index contributed by atoms with van der Waals surface area (Å²) in [5.74, 6) is 1.88. The van der Waals surface area contributed by atoms with Gasteiger partial charge in [0.15, 0.2) is 0 Å². The van der Waals surface area contributed by atoms with E-state index in [1.807, 2.05) is 48.1 Å². The molecule has 2 aromatic heterocycles. The molecule has 0 saturated heterocycles. The van der Waals surface area contributed by atoms with Gasteiger partial charge in [0.25, 0.3) is 0 Å². The highest BCUT2D eigenvalue weighted by Crippen LogP contribution is 2.24. The number of nitrogens with one attached hydrogen (secondary N) is 1. The molecule has 0 spiro atoms. The monoisotopic (exact) mass is 281 g/mol. The van der Waals surface area contributed by atoms with Crippen LogP contribution in [0, 0.1) is 6.92 Å². The summed E-state index contributed by atoms with van der Waals surface area (Å²) in [5.41, 5.74) is 2.31. The van der Waals surface area contributed by atoms with Crippen LogP contribution in [0.4, 0.5) is 5.69 Å². The number of hydrogen-bond acceptors (Lipinski definition) is 3. The molecule has 0 radical (unpaired) electrons. The average Bonchev–Trinajstić information content (AvgIpc) is 3.12. The van der Waals surface area contributed by atoms with E-state index in [-0.39, 0.29) is 6.04 Å². The van der Waals surface area contributed by atoms with E-state index in [4.69, 9.17) is 4.42 Å². The maximum absolute atomic E-state index is 5.68. The van der Waals surface area contributed by atoms with Crippen LogP contribution in [0.5, 0.6) is 0 Å². The lowest BCUT2D eigenvalue weighted by Gasteiger charge is -2.16. The van der Waals surface area contributed by atoms with Gasteiger partial charge in [-0.15, -0.1) is 0 Å². The minimum Gasteiger partial charge on any atom is -0.464 e. The van der Waals surface area contributed by atoms with Crippen LogP contribution >= 0.6 is 0 Å². The summed E-state index contributed by atoms with van der Waals surface area (Å²) in [4.78, 5) is 0. The smallest absolute Gasteiger partial charge is 0.126 e. The number of furan rings is 1. The molecule has 1 unspecified atom stereocenters. The molecule has 0 amide bonds. The summed E-state index contributed by atoms with van der Waals surface area (Å²) in [6.45, 7) is 4.81. The Morgan fingerprint density at radius 1 is 1.19 bits per heavy atom. The third-order valence-electron chi connectivity index (χ3n) is 3.47. The number of aromatic nitrogens is 2. The summed E-state index contributed by atoms with van der Waals surface area (Å²) in [7, 11) is 0. The van der Waals surface area contributed by atoms with E-state index in [1.165, 1.54) is 5.56 Å². The number of rotatable bonds is 5. The van der Waals surface area contributed by atoms with Crippen molar-refractivity contribution in [3.05, 3.63) is 71.9 Å². The second-order valence-corrected chi connectivity index (χ2v) is 5.18. The van der Waals surface area contributed by atoms with Crippen molar-refractivity contribution in [3.8, 4) is 0 Å². The molecule has 0 aliphatic rings. The van der Waals surface area contributed by atoms with Gasteiger partial charge in [-0.2, -0.15) is 5.10 Å². The van der Waals surface area contributed by atoms with Gasteiger partial charge in [0, 0.05) is 18.1 Å². The second-order valence-electron chi connectivity index (χ2n) is 5.18. The molecule has 3 rings (SSSR count). The highest BCUT2D eigenvalue weighted by Gasteiger charge is 2.11. The minimum absolute atomic E-state index is 0.123. The Labute approximate surface area is 124 Å². The fraction of sp³-hybridized carbons (Fsp3) is 0.235. The first kappa shape index (κ1) is 13.5. The normalized spacial score (nSPS) is 12.3. The van der Waals surface area contributed by atoms with Crippen molar-refractivity contribution in [2.75, 3.05) is 5.32 Å². The van der Waals surface area contributed by atoms with Crippen LogP contribution in [0.3, 0.4) is 0 Å². The van der Waals surface area contributed by atoms with E-state index < -0.39 is 0 Å². The highest BCUT2D eigenvalue weighted by molar-refractivity contribution is 5.52. The Morgan fingerprint density at radius 2 is 2.05 bits per heavy atom. The Balaban J connectivity index is 1.78. The van der Waals surface area contributed by atoms with Gasteiger partial charge in [-0.05, 0) is 43.7 Å². The minimum atomic E-state index is 0.123. The first-order chi connectivity index (χ1) is 10.2. The molecule has 1 atom stereocenters. The first-order valence-corrected chi connectivity index (χ1v) is 7.10. The van der Waals surface area contributed by atoms with Crippen molar-refractivity contribution >= 4 is 5.69 Å². The topological polar surface area (TPSA) is 43.0 Å². The number of anilines is 1. The Morgan fingerprint density at radius 3 is 2.76 bits per heavy atom. The zero-order valence-corrected chi connectivity index (χ0v) is 12.3. The lowest BCUT2D eigenvalue weighted by molar-refractivity contribution is 0.466. The molecule has 0 saturated carbocycles. The lowest BCUT2D eigenvalue weighted by Crippen LogP contribution is -2.09. The number of aryl methyl sites for hydroxylation is 1. The average molecular weight is 281 g/mol. The fourth-order valence-corrected chi connectivity index (χ4v) is 2.36. The maximum atomic E-state index is 5.68. The third kappa shape index (κ3) is 3.16. The zero-order valence-electron chi connectivity index (χ0n) is 12.3. The van der Waals surface area contributed by atoms with Gasteiger partial charge in [0.2, 0.25) is 0 Å². The maximum Gasteiger partial charge on any atom is 0.126 e. The molecule has 108 valence electrons. The standard InChI is InChI=1S/C17H19N3O/c1-13-8-9-17(21-13)14(2)19-16-7-4-3-6-15(16)12-20-11-5-10-18-20/h3-11,14,19H,12H2,1-2H3. The quantitative estimate of drug-likeness (QED) is 0.768. The third-order valence-corrected chi connectivity index (χ3v) is 3.47. The first-order valence-electron chi connectivity index (χ1n) is 7.10. The molecule has 0 fully saturated rings. The molecule has 0 bridgehead atoms. The van der Waals surface area contributed by atoms with Crippen LogP contribution in [-0.2, 0) is 6.54 Å². The molecule has 4 nitrogen and oxygen atoms in total. The van der Waals surface area contributed by atoms with Crippen molar-refractivity contribution in [2.45, 2.75) is 26.4 Å². The van der Waals surface area contributed by atoms with Gasteiger partial charge in [0.1, 0.15) is 11.5 Å². The molecule has 0 aliphatic carbocycles. The van der Waals surface area contributed by atoms with Crippen molar-refractivity contribution in [1.82, 2.24) is 9.78 Å². The number of benzene rings is 1. The molecule has 2 heterocycles. The van der Waals surface area contributed by atoms with Crippen LogP contribution in [0.1, 0.15) is 30.0 Å². The molecule has 1 N–H and O–H groups in total. The lowest BCUT2D eigenvalue weighted by atomic mass is 10.1. The summed E-state index contributed by atoms with van der Waals surface area (Å²) in [5, 5.41) is 7.78. The Kier molecular flexibility index (Phi) is 3.77. The van der Waals surface area contributed by atoms with E-state index >= 15 is 0 Å². The SMILES string of the molecule is Cc1ccc(C(C)Nc2ccccc2Cn2cccn2)o1. The van der Waals surface area contributed by atoms with Crippen molar-refractivity contribution < 1.29 is 4.42 Å². The van der Waals surface area contributed by atoms with Crippen LogP contribution in [0.2, 0.25) is 0 Å². The van der Waals surface area contributed by atoms with Crippen LogP contribution in [0.25, 0.3) is 0 Å². The van der Waals surface area contributed by atoms with E-state index in [9.17, 15) is 0 Å². The summed E-state index contributed by atoms with van der Waals surface area (Å²) in [6, 6.07) is 14.4. The van der Waals surface area contributed by atoms with Gasteiger partial charge in [0.05, 0.1) is 12.6 Å². The van der Waals surface area contributed by atoms with Crippen molar-refractivity contribution in [1.29, 1.82) is 0 Å². The summed E-state index contributed by atoms with van der Waals surface area (Å²) < 4.78 is 7.60. The Bertz CT molecular complexity index is 700. The molecular weight excluding hydrogens is 262 g/mol. The molecule has 1 aromatic carbocycles. The summed E-state index contributed by atoms with van der Waals surface area (Å²) >= 11 is 0. The predicted molar refractivity (Wildman–Crippen MR) is 83.3 cm³/mol. The zero-order chi connectivity index (χ0) is 14.7. The largest absolute Gasteiger partial charge is 0.464 e. The van der Waals surface area contributed by atoms with Crippen molar-refractivity contribution in [2.24, 2.45) is 0 Å². The van der Waals surface area contributed by atoms with Gasteiger partial charge in [-0.3, -0.25) is 4.68 Å². The van der Waals surface area contributed by atoms with Crippen molar-refractivity contribution in [3.63, 3.8) is 0 Å². The van der Waals surface area contributed by atoms with Crippen LogP contribution in [0.15, 0.2) is 59.3 Å². The van der Waals surface area contributed by atoms with E-state index in [1.54, 1.807) is 6.20 Å². The highest BCUT2D eigenvalue weighted by atomic mass is 16.3. The molecule has 3 aromatic rings. The van der Waals surface area contributed by atoms with Crippen LogP contribution < -0.4 is 5.32 Å². The molecule has 4 heteroatoms. The van der Waals surface area contributed by atoms with E-state index in [0.717, 1.165) is 23.8 Å². The van der Waals surface area contributed by atoms with E-state index in [0.29, 0.717) is 0 Å².